The fourth-order valence-electron chi connectivity index (χ4n) is 6.86. The summed E-state index contributed by atoms with van der Waals surface area (Å²) >= 11 is 0. The normalized spacial score (nSPS) is 29.7. The molecule has 1 saturated carbocycles. The number of para-hydroxylation sites is 1. The van der Waals surface area contributed by atoms with Gasteiger partial charge in [0.25, 0.3) is 0 Å². The van der Waals surface area contributed by atoms with Crippen LogP contribution in [0.5, 0.6) is 5.75 Å². The lowest BCUT2D eigenvalue weighted by Gasteiger charge is -2.51. The summed E-state index contributed by atoms with van der Waals surface area (Å²) in [6.45, 7) is 1.96. The zero-order valence-corrected chi connectivity index (χ0v) is 18.4. The third-order valence-electron chi connectivity index (χ3n) is 8.33. The number of aromatic amines is 1. The molecule has 2 aliphatic heterocycles. The first-order valence-electron chi connectivity index (χ1n) is 11.7. The Bertz CT molecular complexity index is 1150. The van der Waals surface area contributed by atoms with Crippen LogP contribution in [0.2, 0.25) is 0 Å². The fourth-order valence-corrected chi connectivity index (χ4v) is 6.86. The van der Waals surface area contributed by atoms with Gasteiger partial charge in [0.2, 0.25) is 6.04 Å². The van der Waals surface area contributed by atoms with E-state index in [9.17, 15) is 10.1 Å². The Morgan fingerprint density at radius 3 is 2.72 bits per heavy atom. The van der Waals surface area contributed by atoms with Crippen molar-refractivity contribution in [2.24, 2.45) is 11.8 Å². The van der Waals surface area contributed by atoms with Gasteiger partial charge < -0.3 is 9.72 Å². The van der Waals surface area contributed by atoms with Crippen molar-refractivity contribution < 1.29 is 9.66 Å². The smallest absolute Gasteiger partial charge is 0.220 e. The van der Waals surface area contributed by atoms with Crippen LogP contribution in [0.25, 0.3) is 10.9 Å². The largest absolute Gasteiger partial charge is 0.497 e. The highest BCUT2D eigenvalue weighted by atomic mass is 16.6. The van der Waals surface area contributed by atoms with Crippen LogP contribution >= 0.6 is 0 Å². The van der Waals surface area contributed by atoms with Crippen molar-refractivity contribution in [2.75, 3.05) is 20.2 Å². The van der Waals surface area contributed by atoms with Crippen LogP contribution in [0.4, 0.5) is 0 Å². The lowest BCUT2D eigenvalue weighted by molar-refractivity contribution is -0.533. The molecule has 1 aliphatic carbocycles. The molecule has 0 unspecified atom stereocenters. The number of aromatic nitrogens is 1. The van der Waals surface area contributed by atoms with Crippen LogP contribution in [-0.2, 0) is 6.42 Å². The summed E-state index contributed by atoms with van der Waals surface area (Å²) < 4.78 is 5.32. The number of rotatable bonds is 3. The highest BCUT2D eigenvalue weighted by Gasteiger charge is 2.51. The molecule has 3 aliphatic rings. The van der Waals surface area contributed by atoms with Crippen molar-refractivity contribution in [3.63, 3.8) is 0 Å². The lowest BCUT2D eigenvalue weighted by atomic mass is 9.62. The number of fused-ring (bicyclic) bond motifs is 6. The van der Waals surface area contributed by atoms with Gasteiger partial charge in [-0.2, -0.15) is 0 Å². The van der Waals surface area contributed by atoms with E-state index in [1.165, 1.54) is 22.2 Å². The third-order valence-corrected chi connectivity index (χ3v) is 8.33. The van der Waals surface area contributed by atoms with E-state index in [1.54, 1.807) is 7.11 Å². The van der Waals surface area contributed by atoms with Crippen LogP contribution in [0.15, 0.2) is 48.5 Å². The average molecular weight is 432 g/mol. The van der Waals surface area contributed by atoms with Gasteiger partial charge in [-0.15, -0.1) is 0 Å². The van der Waals surface area contributed by atoms with E-state index >= 15 is 0 Å². The van der Waals surface area contributed by atoms with Gasteiger partial charge in [-0.3, -0.25) is 15.0 Å². The van der Waals surface area contributed by atoms with Crippen molar-refractivity contribution in [3.8, 4) is 5.75 Å². The number of nitro groups is 1. The molecule has 3 aromatic rings. The maximum absolute atomic E-state index is 12.0. The number of piperidine rings is 1. The first-order chi connectivity index (χ1) is 15.6. The molecular formula is C26H29N3O3. The zero-order chi connectivity index (χ0) is 21.8. The van der Waals surface area contributed by atoms with Crippen molar-refractivity contribution in [3.05, 3.63) is 75.5 Å². The second kappa shape index (κ2) is 7.62. The second-order valence-corrected chi connectivity index (χ2v) is 9.71. The summed E-state index contributed by atoms with van der Waals surface area (Å²) in [6.07, 6.45) is 3.74. The summed E-state index contributed by atoms with van der Waals surface area (Å²) in [5, 5.41) is 13.4. The maximum atomic E-state index is 12.0. The zero-order valence-electron chi connectivity index (χ0n) is 18.4. The van der Waals surface area contributed by atoms with Crippen molar-refractivity contribution >= 4 is 10.9 Å². The van der Waals surface area contributed by atoms with E-state index in [2.05, 4.69) is 34.1 Å². The van der Waals surface area contributed by atoms with Gasteiger partial charge in [0.1, 0.15) is 5.75 Å². The van der Waals surface area contributed by atoms with Gasteiger partial charge in [0.15, 0.2) is 0 Å². The topological polar surface area (TPSA) is 71.4 Å². The van der Waals surface area contributed by atoms with E-state index in [-0.39, 0.29) is 10.8 Å². The number of ether oxygens (including phenoxy) is 1. The van der Waals surface area contributed by atoms with Crippen LogP contribution in [-0.4, -0.2) is 41.0 Å². The number of benzene rings is 2. The third kappa shape index (κ3) is 3.04. The number of methoxy groups -OCH3 is 1. The Morgan fingerprint density at radius 1 is 1.12 bits per heavy atom. The predicted molar refractivity (Wildman–Crippen MR) is 124 cm³/mol. The molecule has 32 heavy (non-hydrogen) atoms. The molecule has 6 nitrogen and oxygen atoms in total. The quantitative estimate of drug-likeness (QED) is 0.471. The minimum atomic E-state index is -0.505. The van der Waals surface area contributed by atoms with E-state index in [0.717, 1.165) is 43.7 Å². The number of nitrogens with zero attached hydrogens (tertiary/aromatic N) is 2. The molecule has 1 saturated heterocycles. The number of hydrogen-bond acceptors (Lipinski definition) is 4. The molecule has 3 heterocycles. The Hall–Kier alpha value is -2.86. The molecule has 0 spiro atoms. The first-order valence-corrected chi connectivity index (χ1v) is 11.7. The lowest BCUT2D eigenvalue weighted by Crippen LogP contribution is -2.52. The van der Waals surface area contributed by atoms with Crippen LogP contribution in [0.3, 0.4) is 0 Å². The van der Waals surface area contributed by atoms with Crippen molar-refractivity contribution in [1.29, 1.82) is 0 Å². The van der Waals surface area contributed by atoms with Gasteiger partial charge in [0, 0.05) is 41.0 Å². The summed E-state index contributed by atoms with van der Waals surface area (Å²) in [4.78, 5) is 18.3. The molecule has 6 heteroatoms. The van der Waals surface area contributed by atoms with Crippen LogP contribution in [0.1, 0.15) is 48.0 Å². The molecule has 2 fully saturated rings. The van der Waals surface area contributed by atoms with Gasteiger partial charge in [-0.1, -0.05) is 30.3 Å². The van der Waals surface area contributed by atoms with E-state index in [4.69, 9.17) is 4.74 Å². The standard InChI is InChI=1S/C26H29N3O3/c1-32-18-9-6-16(7-10-18)25-21-15-28-13-12-20-19-4-2-3-5-22(19)27-26(20)24(28)14-17(21)8-11-23(25)29(30)31/h2-7,9-10,17,21,23-25,27H,8,11-15H2,1H3/t17-,21-,23+,24-,25+/m0/s1. The predicted octanol–water partition coefficient (Wildman–Crippen LogP) is 4.93. The van der Waals surface area contributed by atoms with E-state index in [1.807, 2.05) is 24.3 Å². The van der Waals surface area contributed by atoms with E-state index < -0.39 is 6.04 Å². The molecule has 2 aromatic carbocycles. The molecule has 166 valence electrons. The number of H-pyrrole nitrogens is 1. The maximum Gasteiger partial charge on any atom is 0.220 e. The number of nitrogens with one attached hydrogen (secondary N) is 1. The highest BCUT2D eigenvalue weighted by molar-refractivity contribution is 5.85. The minimum absolute atomic E-state index is 0.0246. The summed E-state index contributed by atoms with van der Waals surface area (Å²) in [7, 11) is 1.65. The molecule has 0 radical (unpaired) electrons. The van der Waals surface area contributed by atoms with Crippen molar-refractivity contribution in [2.45, 2.75) is 43.7 Å². The molecule has 1 aromatic heterocycles. The summed E-state index contributed by atoms with van der Waals surface area (Å²) in [5.74, 6) is 1.58. The van der Waals surface area contributed by atoms with Crippen LogP contribution < -0.4 is 4.74 Å². The number of hydrogen-bond donors (Lipinski definition) is 1. The SMILES string of the molecule is COc1ccc([C@@H]2[C@H]3CN4CCc5c([nH]c6ccccc56)[C@@H]4C[C@@H]3CC[C@H]2[N+](=O)[O-])cc1. The second-order valence-electron chi connectivity index (χ2n) is 9.71. The average Bonchev–Trinajstić information content (AvgIpc) is 3.21. The van der Waals surface area contributed by atoms with Gasteiger partial charge in [0.05, 0.1) is 19.1 Å². The van der Waals surface area contributed by atoms with Gasteiger partial charge >= 0.3 is 0 Å². The highest BCUT2D eigenvalue weighted by Crippen LogP contribution is 2.52. The molecule has 6 rings (SSSR count). The molecule has 5 atom stereocenters. The van der Waals surface area contributed by atoms with E-state index in [0.29, 0.717) is 24.3 Å². The molecule has 0 bridgehead atoms. The fraction of sp³-hybridized carbons (Fsp3) is 0.462. The Morgan fingerprint density at radius 2 is 1.94 bits per heavy atom. The molecular weight excluding hydrogens is 402 g/mol. The first kappa shape index (κ1) is 19.8. The molecule has 0 amide bonds. The Kier molecular flexibility index (Phi) is 4.72. The summed E-state index contributed by atoms with van der Waals surface area (Å²) in [6, 6.07) is 16.5. The van der Waals surface area contributed by atoms with Crippen molar-refractivity contribution in [1.82, 2.24) is 9.88 Å². The minimum Gasteiger partial charge on any atom is -0.497 e. The summed E-state index contributed by atoms with van der Waals surface area (Å²) in [5.41, 5.74) is 5.18. The molecule has 1 N–H and O–H groups in total. The van der Waals surface area contributed by atoms with Gasteiger partial charge in [-0.25, -0.2) is 0 Å². The Labute approximate surface area is 187 Å². The van der Waals surface area contributed by atoms with Crippen LogP contribution in [0, 0.1) is 22.0 Å². The Balaban J connectivity index is 1.35. The monoisotopic (exact) mass is 431 g/mol. The van der Waals surface area contributed by atoms with Gasteiger partial charge in [-0.05, 0) is 60.4 Å².